The van der Waals surface area contributed by atoms with E-state index in [9.17, 15) is 9.18 Å². The SMILES string of the molecule is O=C(O)c1nc2ccccc2c(C2OCCO2)c1F. The van der Waals surface area contributed by atoms with Crippen molar-refractivity contribution in [1.82, 2.24) is 4.98 Å². The lowest BCUT2D eigenvalue weighted by molar-refractivity contribution is -0.0454. The lowest BCUT2D eigenvalue weighted by atomic mass is 10.1. The third-order valence-corrected chi connectivity index (χ3v) is 2.93. The number of fused-ring (bicyclic) bond motifs is 1. The largest absolute Gasteiger partial charge is 0.476 e. The molecule has 2 heterocycles. The summed E-state index contributed by atoms with van der Waals surface area (Å²) in [5, 5.41) is 9.51. The molecule has 0 atom stereocenters. The molecular weight excluding hydrogens is 253 g/mol. The lowest BCUT2D eigenvalue weighted by Gasteiger charge is -2.14. The van der Waals surface area contributed by atoms with Gasteiger partial charge in [0.05, 0.1) is 24.3 Å². The van der Waals surface area contributed by atoms with Crippen LogP contribution in [-0.4, -0.2) is 29.3 Å². The number of aromatic nitrogens is 1. The Balaban J connectivity index is 2.31. The maximum Gasteiger partial charge on any atom is 0.357 e. The fourth-order valence-corrected chi connectivity index (χ4v) is 2.11. The molecule has 1 saturated heterocycles. The Kier molecular flexibility index (Phi) is 2.88. The van der Waals surface area contributed by atoms with E-state index in [0.717, 1.165) is 0 Å². The zero-order valence-electron chi connectivity index (χ0n) is 9.80. The van der Waals surface area contributed by atoms with Crippen LogP contribution in [0.25, 0.3) is 10.9 Å². The van der Waals surface area contributed by atoms with E-state index in [1.54, 1.807) is 24.3 Å². The minimum absolute atomic E-state index is 0.0977. The van der Waals surface area contributed by atoms with E-state index in [-0.39, 0.29) is 5.56 Å². The van der Waals surface area contributed by atoms with Crippen molar-refractivity contribution in [3.63, 3.8) is 0 Å². The monoisotopic (exact) mass is 263 g/mol. The number of ether oxygens (including phenoxy) is 2. The second kappa shape index (κ2) is 4.56. The van der Waals surface area contributed by atoms with E-state index in [1.807, 2.05) is 0 Å². The molecule has 5 nitrogen and oxygen atoms in total. The number of benzene rings is 1. The Morgan fingerprint density at radius 1 is 1.32 bits per heavy atom. The predicted octanol–water partition coefficient (Wildman–Crippen LogP) is 2.12. The highest BCUT2D eigenvalue weighted by molar-refractivity contribution is 5.92. The van der Waals surface area contributed by atoms with Crippen LogP contribution in [0.4, 0.5) is 4.39 Å². The molecule has 6 heteroatoms. The number of hydrogen-bond acceptors (Lipinski definition) is 4. The van der Waals surface area contributed by atoms with Gasteiger partial charge in [-0.15, -0.1) is 0 Å². The number of carbonyl (C=O) groups is 1. The van der Waals surface area contributed by atoms with Crippen LogP contribution in [0.2, 0.25) is 0 Å². The first-order chi connectivity index (χ1) is 9.18. The number of carboxylic acid groups (broad SMARTS) is 1. The molecule has 1 N–H and O–H groups in total. The second-order valence-electron chi connectivity index (χ2n) is 4.08. The standard InChI is InChI=1S/C13H10FNO4/c14-10-9(13-18-5-6-19-13)7-3-1-2-4-8(7)15-11(10)12(16)17/h1-4,13H,5-6H2,(H,16,17). The molecule has 1 aromatic heterocycles. The van der Waals surface area contributed by atoms with Crippen molar-refractivity contribution in [2.24, 2.45) is 0 Å². The van der Waals surface area contributed by atoms with E-state index in [2.05, 4.69) is 4.98 Å². The lowest BCUT2D eigenvalue weighted by Crippen LogP contribution is -2.11. The molecule has 0 spiro atoms. The van der Waals surface area contributed by atoms with Gasteiger partial charge in [-0.05, 0) is 6.07 Å². The third kappa shape index (κ3) is 1.94. The van der Waals surface area contributed by atoms with Crippen LogP contribution in [0.1, 0.15) is 22.3 Å². The molecule has 0 radical (unpaired) electrons. The van der Waals surface area contributed by atoms with E-state index < -0.39 is 23.8 Å². The number of para-hydroxylation sites is 1. The van der Waals surface area contributed by atoms with Gasteiger partial charge in [-0.3, -0.25) is 0 Å². The summed E-state index contributed by atoms with van der Waals surface area (Å²) in [6, 6.07) is 6.72. The van der Waals surface area contributed by atoms with Crippen LogP contribution in [0.15, 0.2) is 24.3 Å². The Morgan fingerprint density at radius 3 is 2.68 bits per heavy atom. The van der Waals surface area contributed by atoms with Crippen LogP contribution >= 0.6 is 0 Å². The zero-order valence-corrected chi connectivity index (χ0v) is 9.80. The number of aromatic carboxylic acids is 1. The maximum atomic E-state index is 14.3. The molecule has 0 aliphatic carbocycles. The quantitative estimate of drug-likeness (QED) is 0.898. The molecule has 19 heavy (non-hydrogen) atoms. The van der Waals surface area contributed by atoms with Crippen molar-refractivity contribution in [3.8, 4) is 0 Å². The van der Waals surface area contributed by atoms with Crippen LogP contribution in [0.5, 0.6) is 0 Å². The summed E-state index contributed by atoms with van der Waals surface area (Å²) in [4.78, 5) is 14.9. The molecule has 1 aliphatic rings. The van der Waals surface area contributed by atoms with Gasteiger partial charge in [-0.25, -0.2) is 14.2 Å². The van der Waals surface area contributed by atoms with Crippen molar-refractivity contribution in [1.29, 1.82) is 0 Å². The highest BCUT2D eigenvalue weighted by Crippen LogP contribution is 2.32. The number of carboxylic acids is 1. The van der Waals surface area contributed by atoms with Gasteiger partial charge in [0.25, 0.3) is 0 Å². The average Bonchev–Trinajstić information content (AvgIpc) is 2.91. The highest BCUT2D eigenvalue weighted by Gasteiger charge is 2.28. The van der Waals surface area contributed by atoms with Crippen molar-refractivity contribution in [2.75, 3.05) is 13.2 Å². The van der Waals surface area contributed by atoms with Gasteiger partial charge in [-0.2, -0.15) is 0 Å². The highest BCUT2D eigenvalue weighted by atomic mass is 19.1. The minimum atomic E-state index is -1.41. The van der Waals surface area contributed by atoms with Crippen LogP contribution < -0.4 is 0 Å². The minimum Gasteiger partial charge on any atom is -0.476 e. The van der Waals surface area contributed by atoms with Gasteiger partial charge in [0.2, 0.25) is 0 Å². The smallest absolute Gasteiger partial charge is 0.357 e. The number of rotatable bonds is 2. The Labute approximate surface area is 107 Å². The molecule has 1 aromatic carbocycles. The van der Waals surface area contributed by atoms with E-state index in [0.29, 0.717) is 24.1 Å². The van der Waals surface area contributed by atoms with Crippen molar-refractivity contribution in [2.45, 2.75) is 6.29 Å². The zero-order chi connectivity index (χ0) is 13.4. The summed E-state index contributed by atoms with van der Waals surface area (Å²) in [6.45, 7) is 0.701. The van der Waals surface area contributed by atoms with E-state index >= 15 is 0 Å². The second-order valence-corrected chi connectivity index (χ2v) is 4.08. The Hall–Kier alpha value is -2.05. The molecule has 0 unspecified atom stereocenters. The number of nitrogens with zero attached hydrogens (tertiary/aromatic N) is 1. The fourth-order valence-electron chi connectivity index (χ4n) is 2.11. The fraction of sp³-hybridized carbons (Fsp3) is 0.231. The first-order valence-electron chi connectivity index (χ1n) is 5.73. The van der Waals surface area contributed by atoms with E-state index in [4.69, 9.17) is 14.6 Å². The Bertz CT molecular complexity index is 652. The molecule has 2 aromatic rings. The van der Waals surface area contributed by atoms with Crippen LogP contribution in [-0.2, 0) is 9.47 Å². The molecule has 0 saturated carbocycles. The first-order valence-corrected chi connectivity index (χ1v) is 5.73. The van der Waals surface area contributed by atoms with Crippen molar-refractivity contribution < 1.29 is 23.8 Å². The van der Waals surface area contributed by atoms with Gasteiger partial charge in [0.1, 0.15) is 0 Å². The maximum absolute atomic E-state index is 14.3. The van der Waals surface area contributed by atoms with Crippen molar-refractivity contribution >= 4 is 16.9 Å². The molecule has 1 aliphatic heterocycles. The van der Waals surface area contributed by atoms with Gasteiger partial charge in [-0.1, -0.05) is 18.2 Å². The number of pyridine rings is 1. The first kappa shape index (κ1) is 12.0. The van der Waals surface area contributed by atoms with Gasteiger partial charge in [0, 0.05) is 5.39 Å². The molecule has 0 amide bonds. The van der Waals surface area contributed by atoms with Crippen molar-refractivity contribution in [3.05, 3.63) is 41.3 Å². The van der Waals surface area contributed by atoms with Gasteiger partial charge in [0.15, 0.2) is 17.8 Å². The number of halogens is 1. The van der Waals surface area contributed by atoms with Gasteiger partial charge >= 0.3 is 5.97 Å². The summed E-state index contributed by atoms with van der Waals surface area (Å²) in [7, 11) is 0. The molecule has 0 bridgehead atoms. The van der Waals surface area contributed by atoms with E-state index in [1.165, 1.54) is 0 Å². The number of hydrogen-bond donors (Lipinski definition) is 1. The van der Waals surface area contributed by atoms with Gasteiger partial charge < -0.3 is 14.6 Å². The summed E-state index contributed by atoms with van der Waals surface area (Å²) < 4.78 is 24.9. The third-order valence-electron chi connectivity index (χ3n) is 2.93. The summed E-state index contributed by atoms with van der Waals surface area (Å²) >= 11 is 0. The molecule has 3 rings (SSSR count). The van der Waals surface area contributed by atoms with Crippen LogP contribution in [0, 0.1) is 5.82 Å². The molecule has 1 fully saturated rings. The predicted molar refractivity (Wildman–Crippen MR) is 63.3 cm³/mol. The Morgan fingerprint density at radius 2 is 2.00 bits per heavy atom. The average molecular weight is 263 g/mol. The van der Waals surface area contributed by atoms with Crippen LogP contribution in [0.3, 0.4) is 0 Å². The normalized spacial score (nSPS) is 16.1. The topological polar surface area (TPSA) is 68.7 Å². The summed E-state index contributed by atoms with van der Waals surface area (Å²) in [5.41, 5.74) is -0.122. The summed E-state index contributed by atoms with van der Waals surface area (Å²) in [5.74, 6) is -2.32. The summed E-state index contributed by atoms with van der Waals surface area (Å²) in [6.07, 6.45) is -0.883. The molecule has 98 valence electrons. The molecular formula is C13H10FNO4.